The van der Waals surface area contributed by atoms with Crippen LogP contribution in [0.1, 0.15) is 29.3 Å². The Hall–Kier alpha value is -2.25. The molecular weight excluding hydrogens is 377 g/mol. The summed E-state index contributed by atoms with van der Waals surface area (Å²) in [4.78, 5) is 29.9. The molecule has 1 aromatic heterocycles. The molecule has 0 radical (unpaired) electrons. The van der Waals surface area contributed by atoms with E-state index in [0.29, 0.717) is 32.7 Å². The van der Waals surface area contributed by atoms with Gasteiger partial charge in [-0.3, -0.25) is 14.5 Å². The number of hydrogen-bond acceptors (Lipinski definition) is 4. The van der Waals surface area contributed by atoms with E-state index in [1.807, 2.05) is 22.4 Å². The van der Waals surface area contributed by atoms with Crippen LogP contribution in [-0.4, -0.2) is 54.3 Å². The highest BCUT2D eigenvalue weighted by Crippen LogP contribution is 2.31. The SMILES string of the molecule is O=C(CN1CCN(C(=O)C2CC2)CC1)N[C@H](c1ccc(F)cc1)c1cccs1. The van der Waals surface area contributed by atoms with E-state index < -0.39 is 0 Å². The Kier molecular flexibility index (Phi) is 5.73. The molecule has 0 spiro atoms. The molecule has 5 nitrogen and oxygen atoms in total. The summed E-state index contributed by atoms with van der Waals surface area (Å²) in [7, 11) is 0. The van der Waals surface area contributed by atoms with Gasteiger partial charge < -0.3 is 10.2 Å². The summed E-state index contributed by atoms with van der Waals surface area (Å²) >= 11 is 1.56. The normalized spacial score (nSPS) is 18.7. The van der Waals surface area contributed by atoms with Crippen LogP contribution in [0.25, 0.3) is 0 Å². The molecule has 2 aliphatic rings. The number of nitrogens with zero attached hydrogens (tertiary/aromatic N) is 2. The molecule has 1 saturated carbocycles. The molecule has 2 fully saturated rings. The summed E-state index contributed by atoms with van der Waals surface area (Å²) in [5.41, 5.74) is 0.858. The van der Waals surface area contributed by atoms with Gasteiger partial charge in [0.25, 0.3) is 0 Å². The van der Waals surface area contributed by atoms with Crippen LogP contribution in [0.4, 0.5) is 4.39 Å². The molecule has 1 N–H and O–H groups in total. The third kappa shape index (κ3) is 4.59. The standard InChI is InChI=1S/C21H24FN3O2S/c22-17-7-5-15(6-8-17)20(18-2-1-13-28-18)23-19(26)14-24-9-11-25(12-10-24)21(27)16-3-4-16/h1-2,5-8,13,16,20H,3-4,9-12,14H2,(H,23,26)/t20-/m1/s1. The van der Waals surface area contributed by atoms with E-state index >= 15 is 0 Å². The van der Waals surface area contributed by atoms with Gasteiger partial charge in [-0.15, -0.1) is 11.3 Å². The minimum atomic E-state index is -0.293. The van der Waals surface area contributed by atoms with Crippen molar-refractivity contribution < 1.29 is 14.0 Å². The van der Waals surface area contributed by atoms with Crippen LogP contribution < -0.4 is 5.32 Å². The molecule has 2 heterocycles. The van der Waals surface area contributed by atoms with Crippen molar-refractivity contribution in [3.63, 3.8) is 0 Å². The number of piperazine rings is 1. The van der Waals surface area contributed by atoms with Gasteiger partial charge in [0.1, 0.15) is 5.82 Å². The van der Waals surface area contributed by atoms with Crippen molar-refractivity contribution in [2.75, 3.05) is 32.7 Å². The topological polar surface area (TPSA) is 52.7 Å². The Morgan fingerprint density at radius 2 is 1.82 bits per heavy atom. The van der Waals surface area contributed by atoms with Crippen LogP contribution in [0.5, 0.6) is 0 Å². The maximum atomic E-state index is 13.3. The highest BCUT2D eigenvalue weighted by Gasteiger charge is 2.34. The van der Waals surface area contributed by atoms with Crippen LogP contribution in [0.3, 0.4) is 0 Å². The maximum Gasteiger partial charge on any atom is 0.234 e. The monoisotopic (exact) mass is 401 g/mol. The van der Waals surface area contributed by atoms with E-state index in [0.717, 1.165) is 23.3 Å². The van der Waals surface area contributed by atoms with E-state index in [1.165, 1.54) is 12.1 Å². The lowest BCUT2D eigenvalue weighted by molar-refractivity contribution is -0.134. The van der Waals surface area contributed by atoms with Gasteiger partial charge in [0, 0.05) is 37.0 Å². The molecule has 1 aliphatic carbocycles. The van der Waals surface area contributed by atoms with E-state index in [2.05, 4.69) is 10.2 Å². The summed E-state index contributed by atoms with van der Waals surface area (Å²) < 4.78 is 13.3. The number of halogens is 1. The van der Waals surface area contributed by atoms with Crippen LogP contribution in [0, 0.1) is 11.7 Å². The zero-order chi connectivity index (χ0) is 19.5. The van der Waals surface area contributed by atoms with Crippen molar-refractivity contribution in [2.24, 2.45) is 5.92 Å². The summed E-state index contributed by atoms with van der Waals surface area (Å²) in [6.45, 7) is 3.11. The van der Waals surface area contributed by atoms with Crippen molar-refractivity contribution >= 4 is 23.2 Å². The van der Waals surface area contributed by atoms with Gasteiger partial charge in [-0.25, -0.2) is 4.39 Å². The third-order valence-electron chi connectivity index (χ3n) is 5.31. The molecule has 2 aromatic rings. The van der Waals surface area contributed by atoms with E-state index in [1.54, 1.807) is 23.5 Å². The maximum absolute atomic E-state index is 13.3. The van der Waals surface area contributed by atoms with Crippen LogP contribution in [0.2, 0.25) is 0 Å². The molecule has 4 rings (SSSR count). The second-order valence-electron chi connectivity index (χ2n) is 7.44. The Bertz CT molecular complexity index is 813. The summed E-state index contributed by atoms with van der Waals surface area (Å²) in [6, 6.07) is 9.88. The van der Waals surface area contributed by atoms with Gasteiger partial charge in [0.05, 0.1) is 12.6 Å². The summed E-state index contributed by atoms with van der Waals surface area (Å²) in [6.07, 6.45) is 2.05. The molecule has 1 aliphatic heterocycles. The minimum absolute atomic E-state index is 0.0651. The molecule has 1 aromatic carbocycles. The number of carbonyl (C=O) groups is 2. The van der Waals surface area contributed by atoms with Gasteiger partial charge in [-0.2, -0.15) is 0 Å². The van der Waals surface area contributed by atoms with Gasteiger partial charge >= 0.3 is 0 Å². The third-order valence-corrected chi connectivity index (χ3v) is 6.25. The second-order valence-corrected chi connectivity index (χ2v) is 8.42. The average molecular weight is 402 g/mol. The molecule has 148 valence electrons. The first-order chi connectivity index (χ1) is 13.6. The number of amides is 2. The average Bonchev–Trinajstić information content (AvgIpc) is 3.41. The summed E-state index contributed by atoms with van der Waals surface area (Å²) in [5, 5.41) is 5.06. The lowest BCUT2D eigenvalue weighted by Gasteiger charge is -2.34. The number of rotatable bonds is 6. The zero-order valence-corrected chi connectivity index (χ0v) is 16.5. The Balaban J connectivity index is 1.34. The van der Waals surface area contributed by atoms with Crippen LogP contribution in [-0.2, 0) is 9.59 Å². The fourth-order valence-corrected chi connectivity index (χ4v) is 4.36. The molecule has 0 bridgehead atoms. The highest BCUT2D eigenvalue weighted by atomic mass is 32.1. The van der Waals surface area contributed by atoms with Crippen molar-refractivity contribution in [3.05, 3.63) is 58.0 Å². The molecule has 0 unspecified atom stereocenters. The predicted molar refractivity (Wildman–Crippen MR) is 106 cm³/mol. The van der Waals surface area contributed by atoms with Gasteiger partial charge in [0.15, 0.2) is 0 Å². The van der Waals surface area contributed by atoms with E-state index in [9.17, 15) is 14.0 Å². The van der Waals surface area contributed by atoms with Gasteiger partial charge in [-0.05, 0) is 42.0 Å². The molecular formula is C21H24FN3O2S. The van der Waals surface area contributed by atoms with Crippen molar-refractivity contribution in [3.8, 4) is 0 Å². The first-order valence-corrected chi connectivity index (χ1v) is 10.6. The minimum Gasteiger partial charge on any atom is -0.343 e. The van der Waals surface area contributed by atoms with Crippen LogP contribution in [0.15, 0.2) is 41.8 Å². The summed E-state index contributed by atoms with van der Waals surface area (Å²) in [5.74, 6) is 0.165. The van der Waals surface area contributed by atoms with E-state index in [4.69, 9.17) is 0 Å². The zero-order valence-electron chi connectivity index (χ0n) is 15.6. The van der Waals surface area contributed by atoms with Gasteiger partial charge in [-0.1, -0.05) is 18.2 Å². The number of carbonyl (C=O) groups excluding carboxylic acids is 2. The number of nitrogens with one attached hydrogen (secondary N) is 1. The van der Waals surface area contributed by atoms with E-state index in [-0.39, 0.29) is 29.6 Å². The molecule has 1 atom stereocenters. The quantitative estimate of drug-likeness (QED) is 0.810. The first-order valence-electron chi connectivity index (χ1n) is 9.69. The lowest BCUT2D eigenvalue weighted by Crippen LogP contribution is -2.51. The lowest BCUT2D eigenvalue weighted by atomic mass is 10.1. The van der Waals surface area contributed by atoms with Crippen molar-refractivity contribution in [1.29, 1.82) is 0 Å². The molecule has 7 heteroatoms. The number of hydrogen-bond donors (Lipinski definition) is 1. The highest BCUT2D eigenvalue weighted by molar-refractivity contribution is 7.10. The number of benzene rings is 1. The second kappa shape index (κ2) is 8.41. The Morgan fingerprint density at radius 3 is 2.43 bits per heavy atom. The Labute approximate surface area is 168 Å². The van der Waals surface area contributed by atoms with Crippen molar-refractivity contribution in [2.45, 2.75) is 18.9 Å². The van der Waals surface area contributed by atoms with Gasteiger partial charge in [0.2, 0.25) is 11.8 Å². The van der Waals surface area contributed by atoms with Crippen LogP contribution >= 0.6 is 11.3 Å². The molecule has 1 saturated heterocycles. The molecule has 28 heavy (non-hydrogen) atoms. The van der Waals surface area contributed by atoms with Crippen molar-refractivity contribution in [1.82, 2.24) is 15.1 Å². The largest absolute Gasteiger partial charge is 0.343 e. The smallest absolute Gasteiger partial charge is 0.234 e. The fraction of sp³-hybridized carbons (Fsp3) is 0.429. The first kappa shape index (κ1) is 19.1. The number of thiophene rings is 1. The predicted octanol–water partition coefficient (Wildman–Crippen LogP) is 2.65. The Morgan fingerprint density at radius 1 is 1.11 bits per heavy atom. The fourth-order valence-electron chi connectivity index (χ4n) is 3.55. The molecule has 2 amide bonds.